The largest absolute Gasteiger partial charge is 0.495 e. The summed E-state index contributed by atoms with van der Waals surface area (Å²) in [6.07, 6.45) is 1.54. The SMILES string of the molecule is COc1ccc(C)cc1Nc1cc(NCc2ccc(C)cc2)ncn1. The highest BCUT2D eigenvalue weighted by atomic mass is 16.5. The van der Waals surface area contributed by atoms with Crippen molar-refractivity contribution in [1.29, 1.82) is 0 Å². The third-order valence-corrected chi connectivity index (χ3v) is 3.88. The topological polar surface area (TPSA) is 59.1 Å². The van der Waals surface area contributed by atoms with Gasteiger partial charge in [-0.3, -0.25) is 0 Å². The maximum atomic E-state index is 5.40. The molecule has 5 nitrogen and oxygen atoms in total. The standard InChI is InChI=1S/C20H22N4O/c1-14-4-7-16(8-5-14)12-21-19-11-20(23-13-22-19)24-17-10-15(2)6-9-18(17)25-3/h4-11,13H,12H2,1-3H3,(H2,21,22,23,24). The number of nitrogens with one attached hydrogen (secondary N) is 2. The summed E-state index contributed by atoms with van der Waals surface area (Å²) in [5, 5.41) is 6.62. The molecule has 0 fully saturated rings. The smallest absolute Gasteiger partial charge is 0.142 e. The third-order valence-electron chi connectivity index (χ3n) is 3.88. The van der Waals surface area contributed by atoms with Crippen molar-refractivity contribution in [3.8, 4) is 5.75 Å². The number of hydrogen-bond acceptors (Lipinski definition) is 5. The maximum Gasteiger partial charge on any atom is 0.142 e. The van der Waals surface area contributed by atoms with E-state index in [4.69, 9.17) is 4.74 Å². The first-order valence-electron chi connectivity index (χ1n) is 8.17. The number of aryl methyl sites for hydroxylation is 2. The number of rotatable bonds is 6. The Morgan fingerprint density at radius 3 is 2.36 bits per heavy atom. The van der Waals surface area contributed by atoms with Crippen LogP contribution in [0.5, 0.6) is 5.75 Å². The van der Waals surface area contributed by atoms with Crippen molar-refractivity contribution in [2.24, 2.45) is 0 Å². The van der Waals surface area contributed by atoms with E-state index in [1.165, 1.54) is 11.1 Å². The molecular weight excluding hydrogens is 312 g/mol. The van der Waals surface area contributed by atoms with E-state index in [0.717, 1.165) is 22.8 Å². The number of aromatic nitrogens is 2. The van der Waals surface area contributed by atoms with E-state index < -0.39 is 0 Å². The highest BCUT2D eigenvalue weighted by molar-refractivity contribution is 5.66. The lowest BCUT2D eigenvalue weighted by Crippen LogP contribution is -2.03. The fraction of sp³-hybridized carbons (Fsp3) is 0.200. The summed E-state index contributed by atoms with van der Waals surface area (Å²) in [5.41, 5.74) is 4.49. The van der Waals surface area contributed by atoms with Crippen LogP contribution in [0.2, 0.25) is 0 Å². The molecule has 0 bridgehead atoms. The molecule has 2 N–H and O–H groups in total. The highest BCUT2D eigenvalue weighted by Gasteiger charge is 2.05. The Morgan fingerprint density at radius 2 is 1.60 bits per heavy atom. The summed E-state index contributed by atoms with van der Waals surface area (Å²) in [6.45, 7) is 4.84. The molecule has 5 heteroatoms. The number of benzene rings is 2. The van der Waals surface area contributed by atoms with E-state index in [-0.39, 0.29) is 0 Å². The van der Waals surface area contributed by atoms with Gasteiger partial charge in [0.1, 0.15) is 23.7 Å². The summed E-state index contributed by atoms with van der Waals surface area (Å²) in [7, 11) is 1.66. The van der Waals surface area contributed by atoms with E-state index in [2.05, 4.69) is 51.8 Å². The van der Waals surface area contributed by atoms with Crippen LogP contribution in [0.1, 0.15) is 16.7 Å². The molecule has 1 aromatic heterocycles. The van der Waals surface area contributed by atoms with Crippen molar-refractivity contribution in [2.75, 3.05) is 17.7 Å². The van der Waals surface area contributed by atoms with E-state index in [1.54, 1.807) is 13.4 Å². The van der Waals surface area contributed by atoms with Gasteiger partial charge in [-0.15, -0.1) is 0 Å². The second kappa shape index (κ2) is 7.66. The fourth-order valence-electron chi connectivity index (χ4n) is 2.48. The van der Waals surface area contributed by atoms with Crippen molar-refractivity contribution < 1.29 is 4.74 Å². The van der Waals surface area contributed by atoms with Gasteiger partial charge >= 0.3 is 0 Å². The van der Waals surface area contributed by atoms with Gasteiger partial charge in [-0.2, -0.15) is 0 Å². The minimum atomic E-state index is 0.713. The Kier molecular flexibility index (Phi) is 5.14. The van der Waals surface area contributed by atoms with Crippen LogP contribution in [0, 0.1) is 13.8 Å². The summed E-state index contributed by atoms with van der Waals surface area (Å²) < 4.78 is 5.40. The number of anilines is 3. The molecule has 0 unspecified atom stereocenters. The summed E-state index contributed by atoms with van der Waals surface area (Å²) >= 11 is 0. The molecular formula is C20H22N4O. The van der Waals surface area contributed by atoms with E-state index in [9.17, 15) is 0 Å². The molecule has 3 aromatic rings. The zero-order valence-electron chi connectivity index (χ0n) is 14.7. The molecule has 0 aliphatic heterocycles. The van der Waals surface area contributed by atoms with Crippen LogP contribution >= 0.6 is 0 Å². The zero-order chi connectivity index (χ0) is 17.6. The monoisotopic (exact) mass is 334 g/mol. The Bertz CT molecular complexity index is 847. The second-order valence-electron chi connectivity index (χ2n) is 5.96. The van der Waals surface area contributed by atoms with Gasteiger partial charge < -0.3 is 15.4 Å². The first-order chi connectivity index (χ1) is 12.1. The van der Waals surface area contributed by atoms with Gasteiger partial charge in [-0.25, -0.2) is 9.97 Å². The fourth-order valence-corrected chi connectivity index (χ4v) is 2.48. The lowest BCUT2D eigenvalue weighted by molar-refractivity contribution is 0.416. The van der Waals surface area contributed by atoms with Crippen molar-refractivity contribution in [1.82, 2.24) is 9.97 Å². The molecule has 0 atom stereocenters. The molecule has 2 aromatic carbocycles. The van der Waals surface area contributed by atoms with Crippen molar-refractivity contribution >= 4 is 17.3 Å². The first-order valence-corrected chi connectivity index (χ1v) is 8.17. The predicted molar refractivity (Wildman–Crippen MR) is 102 cm³/mol. The van der Waals surface area contributed by atoms with Crippen LogP contribution in [0.4, 0.5) is 17.3 Å². The second-order valence-corrected chi connectivity index (χ2v) is 5.96. The normalized spacial score (nSPS) is 10.4. The number of hydrogen-bond donors (Lipinski definition) is 2. The lowest BCUT2D eigenvalue weighted by Gasteiger charge is -2.12. The molecule has 1 heterocycles. The van der Waals surface area contributed by atoms with E-state index >= 15 is 0 Å². The van der Waals surface area contributed by atoms with Crippen LogP contribution in [0.3, 0.4) is 0 Å². The van der Waals surface area contributed by atoms with Crippen LogP contribution in [0.25, 0.3) is 0 Å². The summed E-state index contributed by atoms with van der Waals surface area (Å²) in [6, 6.07) is 16.3. The highest BCUT2D eigenvalue weighted by Crippen LogP contribution is 2.28. The zero-order valence-corrected chi connectivity index (χ0v) is 14.7. The van der Waals surface area contributed by atoms with Gasteiger partial charge in [0.15, 0.2) is 0 Å². The molecule has 0 aliphatic carbocycles. The molecule has 0 aliphatic rings. The summed E-state index contributed by atoms with van der Waals surface area (Å²) in [4.78, 5) is 8.57. The molecule has 0 radical (unpaired) electrons. The Labute approximate surface area is 148 Å². The Morgan fingerprint density at radius 1 is 0.880 bits per heavy atom. The molecule has 0 spiro atoms. The van der Waals surface area contributed by atoms with Crippen molar-refractivity contribution in [3.63, 3.8) is 0 Å². The van der Waals surface area contributed by atoms with Gasteiger partial charge in [0.25, 0.3) is 0 Å². The predicted octanol–water partition coefficient (Wildman–Crippen LogP) is 4.46. The van der Waals surface area contributed by atoms with E-state index in [1.807, 2.05) is 31.2 Å². The molecule has 0 saturated heterocycles. The minimum absolute atomic E-state index is 0.713. The van der Waals surface area contributed by atoms with Gasteiger partial charge in [-0.1, -0.05) is 35.9 Å². The summed E-state index contributed by atoms with van der Waals surface area (Å²) in [5.74, 6) is 2.26. The van der Waals surface area contributed by atoms with Gasteiger partial charge in [0.2, 0.25) is 0 Å². The van der Waals surface area contributed by atoms with Crippen LogP contribution < -0.4 is 15.4 Å². The Balaban J connectivity index is 1.71. The minimum Gasteiger partial charge on any atom is -0.495 e. The first kappa shape index (κ1) is 16.8. The van der Waals surface area contributed by atoms with Gasteiger partial charge in [-0.05, 0) is 37.1 Å². The molecule has 0 amide bonds. The number of methoxy groups -OCH3 is 1. The van der Waals surface area contributed by atoms with Crippen molar-refractivity contribution in [3.05, 3.63) is 71.5 Å². The average molecular weight is 334 g/mol. The molecule has 3 rings (SSSR count). The Hall–Kier alpha value is -3.08. The average Bonchev–Trinajstić information content (AvgIpc) is 2.62. The van der Waals surface area contributed by atoms with Gasteiger partial charge in [0, 0.05) is 12.6 Å². The quantitative estimate of drug-likeness (QED) is 0.697. The molecule has 128 valence electrons. The molecule has 25 heavy (non-hydrogen) atoms. The number of ether oxygens (including phenoxy) is 1. The van der Waals surface area contributed by atoms with Crippen LogP contribution in [0.15, 0.2) is 54.9 Å². The molecule has 0 saturated carbocycles. The maximum absolute atomic E-state index is 5.40. The third kappa shape index (κ3) is 4.47. The van der Waals surface area contributed by atoms with Crippen LogP contribution in [-0.2, 0) is 6.54 Å². The lowest BCUT2D eigenvalue weighted by atomic mass is 10.1. The van der Waals surface area contributed by atoms with Crippen molar-refractivity contribution in [2.45, 2.75) is 20.4 Å². The van der Waals surface area contributed by atoms with E-state index in [0.29, 0.717) is 12.4 Å². The van der Waals surface area contributed by atoms with Gasteiger partial charge in [0.05, 0.1) is 12.8 Å². The number of nitrogens with zero attached hydrogens (tertiary/aromatic N) is 2. The van der Waals surface area contributed by atoms with Crippen LogP contribution in [-0.4, -0.2) is 17.1 Å².